The molecule has 1 aliphatic rings. The van der Waals surface area contributed by atoms with Crippen LogP contribution in [0.15, 0.2) is 71.3 Å². The van der Waals surface area contributed by atoms with Crippen LogP contribution in [0, 0.1) is 0 Å². The van der Waals surface area contributed by atoms with E-state index in [0.717, 1.165) is 0 Å². The molecule has 1 aromatic rings. The third kappa shape index (κ3) is 4.71. The van der Waals surface area contributed by atoms with Gasteiger partial charge in [0, 0.05) is 14.8 Å². The highest BCUT2D eigenvalue weighted by Gasteiger charge is 2.28. The molecule has 0 bridgehead atoms. The topological polar surface area (TPSA) is 173 Å². The molecule has 0 amide bonds. The molecular weight excluding hydrogens is 420 g/mol. The Bertz CT molecular complexity index is 1170. The summed E-state index contributed by atoms with van der Waals surface area (Å²) in [6.07, 6.45) is 0. The molecule has 0 N–H and O–H groups in total. The monoisotopic (exact) mass is 432 g/mol. The van der Waals surface area contributed by atoms with E-state index >= 15 is 0 Å². The Morgan fingerprint density at radius 1 is 1.00 bits per heavy atom. The summed E-state index contributed by atoms with van der Waals surface area (Å²) in [6.45, 7) is 4.29. The minimum Gasteiger partial charge on any atom is -0.289 e. The molecule has 2 rings (SSSR count). The molecule has 1 aromatic carbocycles. The van der Waals surface area contributed by atoms with Gasteiger partial charge in [0.1, 0.15) is 5.84 Å². The van der Waals surface area contributed by atoms with Gasteiger partial charge in [-0.15, -0.1) is 4.40 Å². The summed E-state index contributed by atoms with van der Waals surface area (Å²) in [7, 11) is -4.06. The van der Waals surface area contributed by atoms with E-state index in [4.69, 9.17) is 22.7 Å². The Kier molecular flexibility index (Phi) is 6.57. The molecule has 13 heteroatoms. The fourth-order valence-corrected chi connectivity index (χ4v) is 3.57. The van der Waals surface area contributed by atoms with Crippen LogP contribution in [-0.2, 0) is 14.8 Å². The number of Topliss-reactive ketones (excluding diaryl/α,β-unsaturated/α-hetero) is 1. The number of allylic oxidation sites excluding steroid dienone is 2. The molecular formula is C16H13ClN8O3S. The van der Waals surface area contributed by atoms with Gasteiger partial charge in [-0.1, -0.05) is 21.8 Å². The normalized spacial score (nSPS) is 15.1. The Morgan fingerprint density at radius 3 is 1.93 bits per heavy atom. The van der Waals surface area contributed by atoms with Gasteiger partial charge in [-0.05, 0) is 67.2 Å². The van der Waals surface area contributed by atoms with Crippen LogP contribution in [0.3, 0.4) is 0 Å². The lowest BCUT2D eigenvalue weighted by atomic mass is 9.92. The van der Waals surface area contributed by atoms with E-state index in [1.165, 1.54) is 45.0 Å². The van der Waals surface area contributed by atoms with Crippen LogP contribution in [0.5, 0.6) is 0 Å². The molecule has 0 aromatic heterocycles. The fourth-order valence-electron chi connectivity index (χ4n) is 2.47. The highest BCUT2D eigenvalue weighted by molar-refractivity contribution is 7.90. The van der Waals surface area contributed by atoms with Gasteiger partial charge >= 0.3 is 0 Å². The number of carbonyl (C=O) groups is 1. The Hall–Kier alpha value is -3.43. The van der Waals surface area contributed by atoms with Crippen LogP contribution in [0.4, 0.5) is 0 Å². The third-order valence-electron chi connectivity index (χ3n) is 3.78. The third-order valence-corrected chi connectivity index (χ3v) is 5.40. The van der Waals surface area contributed by atoms with Crippen molar-refractivity contribution in [3.05, 3.63) is 72.7 Å². The predicted octanol–water partition coefficient (Wildman–Crippen LogP) is 4.64. The van der Waals surface area contributed by atoms with E-state index in [0.29, 0.717) is 5.02 Å². The number of amidine groups is 1. The van der Waals surface area contributed by atoms with Crippen LogP contribution < -0.4 is 0 Å². The number of carbonyl (C=O) groups excluding carboxylic acids is 1. The largest absolute Gasteiger partial charge is 0.289 e. The van der Waals surface area contributed by atoms with Gasteiger partial charge in [0.2, 0.25) is 0 Å². The summed E-state index contributed by atoms with van der Waals surface area (Å²) >= 11 is 5.76. The second kappa shape index (κ2) is 8.72. The van der Waals surface area contributed by atoms with Gasteiger partial charge in [0.15, 0.2) is 5.78 Å². The molecule has 0 unspecified atom stereocenters. The average Bonchev–Trinajstić information content (AvgIpc) is 2.66. The molecule has 148 valence electrons. The van der Waals surface area contributed by atoms with Crippen molar-refractivity contribution in [2.24, 2.45) is 19.6 Å². The minimum atomic E-state index is -4.06. The first-order valence-electron chi connectivity index (χ1n) is 7.85. The number of azide groups is 2. The number of ketones is 1. The zero-order chi connectivity index (χ0) is 21.8. The number of aliphatic imine (C=N–C) groups is 1. The molecule has 0 fully saturated rings. The smallest absolute Gasteiger partial charge is 0.283 e. The highest BCUT2D eigenvalue weighted by atomic mass is 35.5. The van der Waals surface area contributed by atoms with E-state index in [1.54, 1.807) is 0 Å². The van der Waals surface area contributed by atoms with Gasteiger partial charge in [-0.25, -0.2) is 4.99 Å². The van der Waals surface area contributed by atoms with E-state index in [-0.39, 0.29) is 39.0 Å². The Morgan fingerprint density at radius 2 is 1.48 bits per heavy atom. The summed E-state index contributed by atoms with van der Waals surface area (Å²) in [5, 5.41) is 7.05. The SMILES string of the molecule is CC(=NS(=O)(=O)c1ccc(Cl)cc1)N=C1C(C)=C(N=[N+]=[N-])C(=O)C(N=[N+]=[N-])=C1C. The van der Waals surface area contributed by atoms with Gasteiger partial charge in [0.05, 0.1) is 22.0 Å². The highest BCUT2D eigenvalue weighted by Crippen LogP contribution is 2.27. The van der Waals surface area contributed by atoms with Gasteiger partial charge in [-0.2, -0.15) is 8.42 Å². The lowest BCUT2D eigenvalue weighted by Gasteiger charge is -2.18. The maximum atomic E-state index is 12.4. The molecule has 0 saturated heterocycles. The molecule has 29 heavy (non-hydrogen) atoms. The maximum absolute atomic E-state index is 12.4. The van der Waals surface area contributed by atoms with Crippen molar-refractivity contribution in [1.82, 2.24) is 0 Å². The zero-order valence-corrected chi connectivity index (χ0v) is 17.0. The zero-order valence-electron chi connectivity index (χ0n) is 15.4. The quantitative estimate of drug-likeness (QED) is 0.168. The molecule has 0 radical (unpaired) electrons. The maximum Gasteiger partial charge on any atom is 0.283 e. The number of hydrogen-bond donors (Lipinski definition) is 0. The van der Waals surface area contributed by atoms with Crippen molar-refractivity contribution in [3.8, 4) is 0 Å². The molecule has 0 atom stereocenters. The summed E-state index contributed by atoms with van der Waals surface area (Å²) < 4.78 is 28.5. The van der Waals surface area contributed by atoms with E-state index in [1.807, 2.05) is 0 Å². The molecule has 0 spiro atoms. The Labute approximate surface area is 170 Å². The second-order valence-electron chi connectivity index (χ2n) is 5.68. The van der Waals surface area contributed by atoms with E-state index in [9.17, 15) is 13.2 Å². The first kappa shape index (κ1) is 21.9. The van der Waals surface area contributed by atoms with E-state index < -0.39 is 15.8 Å². The number of sulfonamides is 1. The molecule has 0 heterocycles. The second-order valence-corrected chi connectivity index (χ2v) is 7.72. The summed E-state index contributed by atoms with van der Waals surface area (Å²) in [4.78, 5) is 21.6. The molecule has 1 aliphatic carbocycles. The first-order valence-corrected chi connectivity index (χ1v) is 9.67. The van der Waals surface area contributed by atoms with Crippen LogP contribution in [0.25, 0.3) is 20.9 Å². The van der Waals surface area contributed by atoms with Gasteiger partial charge in [-0.3, -0.25) is 4.79 Å². The number of hydrogen-bond acceptors (Lipinski definition) is 5. The van der Waals surface area contributed by atoms with Crippen LogP contribution >= 0.6 is 11.6 Å². The number of benzene rings is 1. The molecule has 0 aliphatic heterocycles. The van der Waals surface area contributed by atoms with Gasteiger partial charge in [0.25, 0.3) is 10.0 Å². The number of halogens is 1. The Balaban J connectivity index is 2.63. The van der Waals surface area contributed by atoms with E-state index in [2.05, 4.69) is 29.4 Å². The average molecular weight is 433 g/mol. The van der Waals surface area contributed by atoms with Gasteiger partial charge < -0.3 is 0 Å². The lowest BCUT2D eigenvalue weighted by Crippen LogP contribution is -2.21. The first-order chi connectivity index (χ1) is 13.6. The molecule has 11 nitrogen and oxygen atoms in total. The summed E-state index contributed by atoms with van der Waals surface area (Å²) in [6, 6.07) is 5.43. The van der Waals surface area contributed by atoms with Crippen molar-refractivity contribution < 1.29 is 13.2 Å². The fraction of sp³-hybridized carbons (Fsp3) is 0.188. The standard InChI is InChI=1S/C16H13ClN8O3S/c1-8-13(9(2)15(22-25-19)16(26)14(8)21-24-18)20-10(3)23-29(27,28)12-6-4-11(17)5-7-12/h4-7H,1-3H3. The summed E-state index contributed by atoms with van der Waals surface area (Å²) in [5.41, 5.74) is 17.3. The molecule has 0 saturated carbocycles. The van der Waals surface area contributed by atoms with Crippen LogP contribution in [0.1, 0.15) is 20.8 Å². The van der Waals surface area contributed by atoms with Crippen molar-refractivity contribution in [3.63, 3.8) is 0 Å². The number of rotatable bonds is 4. The van der Waals surface area contributed by atoms with Crippen molar-refractivity contribution in [2.45, 2.75) is 25.7 Å². The van der Waals surface area contributed by atoms with Crippen molar-refractivity contribution in [1.29, 1.82) is 0 Å². The summed E-state index contributed by atoms with van der Waals surface area (Å²) in [5.74, 6) is -0.901. The predicted molar refractivity (Wildman–Crippen MR) is 108 cm³/mol. The van der Waals surface area contributed by atoms with Crippen LogP contribution in [0.2, 0.25) is 5.02 Å². The minimum absolute atomic E-state index is 0.0793. The van der Waals surface area contributed by atoms with Crippen molar-refractivity contribution in [2.75, 3.05) is 0 Å². The van der Waals surface area contributed by atoms with Crippen LogP contribution in [-0.4, -0.2) is 25.7 Å². The van der Waals surface area contributed by atoms with Crippen molar-refractivity contribution >= 4 is 39.0 Å². The lowest BCUT2D eigenvalue weighted by molar-refractivity contribution is -0.112. The number of nitrogens with zero attached hydrogens (tertiary/aromatic N) is 8.